The number of nitrogens with one attached hydrogen (secondary N) is 2. The zero-order valence-corrected chi connectivity index (χ0v) is 30.5. The van der Waals surface area contributed by atoms with Crippen molar-refractivity contribution in [1.82, 2.24) is 20.2 Å². The van der Waals surface area contributed by atoms with E-state index in [-0.39, 0.29) is 6.04 Å². The van der Waals surface area contributed by atoms with Crippen LogP contribution in [0, 0.1) is 6.92 Å². The first-order valence-electron chi connectivity index (χ1n) is 17.1. The summed E-state index contributed by atoms with van der Waals surface area (Å²) in [6.45, 7) is 38.0. The van der Waals surface area contributed by atoms with Crippen LogP contribution in [0.25, 0.3) is 17.5 Å². The molecule has 2 heterocycles. The lowest BCUT2D eigenvalue weighted by molar-refractivity contribution is 0.243. The molecule has 1 atom stereocenters. The summed E-state index contributed by atoms with van der Waals surface area (Å²) in [6.07, 6.45) is 7.19. The van der Waals surface area contributed by atoms with E-state index in [1.165, 1.54) is 11.1 Å². The highest BCUT2D eigenvalue weighted by Gasteiger charge is 2.19. The van der Waals surface area contributed by atoms with E-state index >= 15 is 0 Å². The number of nitrogens with two attached hydrogens (primary N) is 2. The lowest BCUT2D eigenvalue weighted by Crippen LogP contribution is -2.30. The molecule has 0 spiro atoms. The second-order valence-corrected chi connectivity index (χ2v) is 12.1. The van der Waals surface area contributed by atoms with Gasteiger partial charge in [-0.05, 0) is 83.9 Å². The second kappa shape index (κ2) is 20.6. The number of aromatic nitrogens is 1. The maximum absolute atomic E-state index is 6.45. The molecular formula is C42H59N7. The largest absolute Gasteiger partial charge is 0.372 e. The summed E-state index contributed by atoms with van der Waals surface area (Å²) >= 11 is 0. The quantitative estimate of drug-likeness (QED) is 0.0562. The fraction of sp³-hybridized carbons (Fsp3) is 0.310. The Morgan fingerprint density at radius 3 is 2.16 bits per heavy atom. The van der Waals surface area contributed by atoms with Crippen LogP contribution >= 0.6 is 0 Å². The van der Waals surface area contributed by atoms with E-state index in [1.54, 1.807) is 0 Å². The first-order valence-corrected chi connectivity index (χ1v) is 17.1. The maximum atomic E-state index is 6.45. The molecule has 0 saturated carbocycles. The highest BCUT2D eigenvalue weighted by atomic mass is 15.2. The molecule has 49 heavy (non-hydrogen) atoms. The van der Waals surface area contributed by atoms with Crippen LogP contribution in [-0.2, 0) is 19.5 Å². The Kier molecular flexibility index (Phi) is 17.0. The first-order chi connectivity index (χ1) is 23.6. The second-order valence-electron chi connectivity index (χ2n) is 12.1. The molecule has 1 unspecified atom stereocenters. The maximum Gasteiger partial charge on any atom is 0.0574 e. The highest BCUT2D eigenvalue weighted by Crippen LogP contribution is 2.27. The Hall–Kier alpha value is -4.69. The van der Waals surface area contributed by atoms with Crippen LogP contribution in [0.1, 0.15) is 72.7 Å². The molecule has 6 N–H and O–H groups in total. The van der Waals surface area contributed by atoms with Crippen molar-refractivity contribution in [2.75, 3.05) is 25.0 Å². The van der Waals surface area contributed by atoms with Gasteiger partial charge in [-0.1, -0.05) is 70.0 Å². The van der Waals surface area contributed by atoms with E-state index in [9.17, 15) is 0 Å². The number of anilines is 1. The molecule has 1 aliphatic heterocycles. The molecule has 0 fully saturated rings. The summed E-state index contributed by atoms with van der Waals surface area (Å²) < 4.78 is 0. The van der Waals surface area contributed by atoms with E-state index < -0.39 is 0 Å². The number of rotatable bonds is 15. The number of aryl methyl sites for hydroxylation is 1. The van der Waals surface area contributed by atoms with E-state index in [4.69, 9.17) is 16.6 Å². The normalized spacial score (nSPS) is 13.0. The van der Waals surface area contributed by atoms with E-state index in [2.05, 4.69) is 142 Å². The van der Waals surface area contributed by atoms with Crippen LogP contribution < -0.4 is 22.3 Å². The van der Waals surface area contributed by atoms with Crippen LogP contribution in [0.3, 0.4) is 0 Å². The number of benzene rings is 2. The Labute approximate surface area is 296 Å². The molecule has 0 amide bonds. The van der Waals surface area contributed by atoms with Gasteiger partial charge in [-0.15, -0.1) is 26.3 Å². The van der Waals surface area contributed by atoms with Crippen molar-refractivity contribution in [1.29, 1.82) is 0 Å². The minimum absolute atomic E-state index is 0.114. The van der Waals surface area contributed by atoms with E-state index in [0.717, 1.165) is 103 Å². The molecule has 0 aliphatic carbocycles. The Bertz CT molecular complexity index is 1560. The zero-order valence-electron chi connectivity index (χ0n) is 30.5. The van der Waals surface area contributed by atoms with E-state index in [1.807, 2.05) is 13.1 Å². The number of hydrazine groups is 1. The summed E-state index contributed by atoms with van der Waals surface area (Å²) in [4.78, 5) is 9.61. The first kappa shape index (κ1) is 40.5. The van der Waals surface area contributed by atoms with Crippen molar-refractivity contribution >= 4 is 23.2 Å². The molecule has 1 aromatic heterocycles. The molecule has 0 bridgehead atoms. The third-order valence-electron chi connectivity index (χ3n) is 8.42. The Morgan fingerprint density at radius 2 is 1.59 bits per heavy atom. The minimum atomic E-state index is -0.114. The summed E-state index contributed by atoms with van der Waals surface area (Å²) in [5.41, 5.74) is 21.7. The van der Waals surface area contributed by atoms with Crippen molar-refractivity contribution in [2.45, 2.75) is 66.1 Å². The van der Waals surface area contributed by atoms with Gasteiger partial charge in [0.25, 0.3) is 0 Å². The fourth-order valence-corrected chi connectivity index (χ4v) is 5.86. The Balaban J connectivity index is 0.00000201. The van der Waals surface area contributed by atoms with Crippen LogP contribution in [0.5, 0.6) is 0 Å². The number of fused-ring (bicyclic) bond motifs is 1. The van der Waals surface area contributed by atoms with Gasteiger partial charge in [0.2, 0.25) is 0 Å². The predicted molar refractivity (Wildman–Crippen MR) is 214 cm³/mol. The number of hydrogen-bond acceptors (Lipinski definition) is 7. The minimum Gasteiger partial charge on any atom is -0.372 e. The van der Waals surface area contributed by atoms with E-state index in [0.29, 0.717) is 5.70 Å². The van der Waals surface area contributed by atoms with Crippen molar-refractivity contribution in [2.24, 2.45) is 11.6 Å². The molecule has 0 radical (unpaired) electrons. The van der Waals surface area contributed by atoms with Crippen LogP contribution in [-0.4, -0.2) is 40.5 Å². The molecular weight excluding hydrogens is 603 g/mol. The van der Waals surface area contributed by atoms with Gasteiger partial charge >= 0.3 is 0 Å². The molecule has 3 aromatic rings. The molecule has 7 nitrogen and oxygen atoms in total. The Morgan fingerprint density at radius 1 is 0.959 bits per heavy atom. The lowest BCUT2D eigenvalue weighted by Gasteiger charge is -2.29. The standard InChI is InChI=1S/C38H51N7.2C2H4/c1-8-17-45(18-9-2)30(7)37(27(4)39)22-33-14-15-34(20-26(33)3)28(5)42-36-21-35-25-44(19-16-38(35)41-23-36)24-31-10-12-32(13-11-31)29(6)43-40;2*1-2/h10-15,20-23,27,42-43H,5-9,16-19,24-25,39-40H2,1-4H3;2*1-2H2/b37-22+;;. The molecule has 4 rings (SSSR count). The molecule has 1 aliphatic rings. The topological polar surface area (TPSA) is 95.5 Å². The average molecular weight is 662 g/mol. The van der Waals surface area contributed by atoms with Crippen LogP contribution in [0.4, 0.5) is 5.69 Å². The van der Waals surface area contributed by atoms with Gasteiger partial charge in [0.1, 0.15) is 0 Å². The van der Waals surface area contributed by atoms with Crippen molar-refractivity contribution in [3.8, 4) is 0 Å². The van der Waals surface area contributed by atoms with Crippen LogP contribution in [0.15, 0.2) is 112 Å². The molecule has 262 valence electrons. The predicted octanol–water partition coefficient (Wildman–Crippen LogP) is 8.44. The zero-order chi connectivity index (χ0) is 36.5. The fourth-order valence-electron chi connectivity index (χ4n) is 5.86. The molecule has 2 aromatic carbocycles. The SMILES string of the molecule is C=C.C=C.C=C(NN)c1ccc(CN2CCc3ncc(NC(=C)c4ccc(/C=C(/C(=C)N(CCC)CCC)C(C)N)c(C)c4)cc3C2)cc1. The van der Waals surface area contributed by atoms with Gasteiger partial charge in [0, 0.05) is 68.0 Å². The monoisotopic (exact) mass is 661 g/mol. The van der Waals surface area contributed by atoms with Crippen molar-refractivity contribution in [3.05, 3.63) is 151 Å². The molecule has 0 saturated heterocycles. The number of hydrogen-bond donors (Lipinski definition) is 4. The lowest BCUT2D eigenvalue weighted by atomic mass is 9.97. The van der Waals surface area contributed by atoms with Crippen LogP contribution in [0.2, 0.25) is 0 Å². The third-order valence-corrected chi connectivity index (χ3v) is 8.42. The molecule has 7 heteroatoms. The number of pyridine rings is 1. The average Bonchev–Trinajstić information content (AvgIpc) is 3.12. The number of nitrogens with zero attached hydrogens (tertiary/aromatic N) is 3. The van der Waals surface area contributed by atoms with Gasteiger partial charge in [0.05, 0.1) is 11.9 Å². The smallest absolute Gasteiger partial charge is 0.0574 e. The summed E-state index contributed by atoms with van der Waals surface area (Å²) in [5.74, 6) is 5.50. The van der Waals surface area contributed by atoms with Gasteiger partial charge in [-0.25, -0.2) is 0 Å². The summed E-state index contributed by atoms with van der Waals surface area (Å²) in [7, 11) is 0. The van der Waals surface area contributed by atoms with Gasteiger partial charge in [-0.3, -0.25) is 15.7 Å². The van der Waals surface area contributed by atoms with Gasteiger partial charge < -0.3 is 21.4 Å². The highest BCUT2D eigenvalue weighted by molar-refractivity contribution is 5.77. The van der Waals surface area contributed by atoms with Crippen molar-refractivity contribution < 1.29 is 0 Å². The summed E-state index contributed by atoms with van der Waals surface area (Å²) in [5, 5.41) is 3.51. The third kappa shape index (κ3) is 11.5. The van der Waals surface area contributed by atoms with Gasteiger partial charge in [-0.2, -0.15) is 0 Å². The van der Waals surface area contributed by atoms with Gasteiger partial charge in [0.15, 0.2) is 0 Å². The van der Waals surface area contributed by atoms with Crippen molar-refractivity contribution in [3.63, 3.8) is 0 Å². The summed E-state index contributed by atoms with van der Waals surface area (Å²) in [6, 6.07) is 16.9.